The second kappa shape index (κ2) is 15.2. The molecule has 4 rings (SSSR count). The maximum atomic E-state index is 15.0. The first kappa shape index (κ1) is 33.7. The molecule has 7 nitrogen and oxygen atoms in total. The standard InChI is InChI=1S/C35H37ClFN3O4S/c1-4-26(3)38-35(42)33(22-27-12-6-5-7-13-27)39(23-28-14-8-9-16-32(28)37)34(41)24-40(30-15-10-11-25(2)21-30)45(43,44)31-19-17-29(36)18-20-31/h5-21,26,33H,4,22-24H2,1-3H3,(H,38,42)/t26-,33-/m1/s1. The summed E-state index contributed by atoms with van der Waals surface area (Å²) < 4.78 is 44.2. The largest absolute Gasteiger partial charge is 0.352 e. The molecule has 45 heavy (non-hydrogen) atoms. The van der Waals surface area contributed by atoms with Gasteiger partial charge in [-0.2, -0.15) is 0 Å². The first-order valence-electron chi connectivity index (χ1n) is 14.7. The molecule has 0 radical (unpaired) electrons. The molecule has 236 valence electrons. The topological polar surface area (TPSA) is 86.8 Å². The third-order valence-corrected chi connectivity index (χ3v) is 9.58. The Morgan fingerprint density at radius 3 is 2.22 bits per heavy atom. The van der Waals surface area contributed by atoms with Crippen LogP contribution in [0.25, 0.3) is 0 Å². The zero-order chi connectivity index (χ0) is 32.6. The maximum absolute atomic E-state index is 15.0. The number of nitrogens with one attached hydrogen (secondary N) is 1. The van der Waals surface area contributed by atoms with Crippen LogP contribution in [0, 0.1) is 12.7 Å². The summed E-state index contributed by atoms with van der Waals surface area (Å²) in [6, 6.07) is 26.4. The Balaban J connectivity index is 1.82. The van der Waals surface area contributed by atoms with Crippen LogP contribution in [-0.2, 0) is 32.6 Å². The number of anilines is 1. The molecule has 2 amide bonds. The van der Waals surface area contributed by atoms with Gasteiger partial charge in [0.15, 0.2) is 0 Å². The number of carbonyl (C=O) groups excluding carboxylic acids is 2. The van der Waals surface area contributed by atoms with Gasteiger partial charge in [0.1, 0.15) is 18.4 Å². The molecule has 0 saturated carbocycles. The molecular weight excluding hydrogens is 613 g/mol. The number of benzene rings is 4. The number of aryl methyl sites for hydroxylation is 1. The van der Waals surface area contributed by atoms with Crippen molar-refractivity contribution in [2.45, 2.75) is 57.1 Å². The summed E-state index contributed by atoms with van der Waals surface area (Å²) in [5.74, 6) is -1.63. The smallest absolute Gasteiger partial charge is 0.264 e. The minimum atomic E-state index is -4.27. The van der Waals surface area contributed by atoms with Crippen LogP contribution in [0.15, 0.2) is 108 Å². The lowest BCUT2D eigenvalue weighted by atomic mass is 10.0. The molecule has 0 aliphatic heterocycles. The number of nitrogens with zero attached hydrogens (tertiary/aromatic N) is 2. The Kier molecular flexibility index (Phi) is 11.4. The highest BCUT2D eigenvalue weighted by molar-refractivity contribution is 7.92. The van der Waals surface area contributed by atoms with Gasteiger partial charge in [-0.05, 0) is 73.9 Å². The summed E-state index contributed by atoms with van der Waals surface area (Å²) in [4.78, 5) is 29.5. The van der Waals surface area contributed by atoms with E-state index in [1.807, 2.05) is 57.2 Å². The number of carbonyl (C=O) groups is 2. The Bertz CT molecular complexity index is 1720. The molecule has 0 aliphatic carbocycles. The highest BCUT2D eigenvalue weighted by atomic mass is 35.5. The molecule has 0 bridgehead atoms. The summed E-state index contributed by atoms with van der Waals surface area (Å²) in [5.41, 5.74) is 2.04. The normalized spacial score (nSPS) is 12.6. The van der Waals surface area contributed by atoms with Crippen LogP contribution in [-0.4, -0.2) is 43.8 Å². The van der Waals surface area contributed by atoms with Gasteiger partial charge in [0.25, 0.3) is 10.0 Å². The first-order chi connectivity index (χ1) is 21.5. The Morgan fingerprint density at radius 1 is 0.911 bits per heavy atom. The summed E-state index contributed by atoms with van der Waals surface area (Å²) in [6.45, 7) is 4.72. The quantitative estimate of drug-likeness (QED) is 0.178. The Labute approximate surface area is 269 Å². The Morgan fingerprint density at radius 2 is 1.58 bits per heavy atom. The van der Waals surface area contributed by atoms with Gasteiger partial charge >= 0.3 is 0 Å². The molecule has 0 aliphatic rings. The lowest BCUT2D eigenvalue weighted by Gasteiger charge is -2.34. The molecule has 0 heterocycles. The van der Waals surface area contributed by atoms with E-state index in [4.69, 9.17) is 11.6 Å². The van der Waals surface area contributed by atoms with Gasteiger partial charge in [0, 0.05) is 29.6 Å². The molecule has 4 aromatic rings. The van der Waals surface area contributed by atoms with E-state index in [9.17, 15) is 18.0 Å². The number of hydrogen-bond acceptors (Lipinski definition) is 4. The van der Waals surface area contributed by atoms with Crippen LogP contribution in [0.1, 0.15) is 37.0 Å². The molecule has 0 aromatic heterocycles. The summed E-state index contributed by atoms with van der Waals surface area (Å²) >= 11 is 6.03. The lowest BCUT2D eigenvalue weighted by Crippen LogP contribution is -2.54. The van der Waals surface area contributed by atoms with Gasteiger partial charge in [-0.15, -0.1) is 0 Å². The van der Waals surface area contributed by atoms with Crippen molar-refractivity contribution in [2.75, 3.05) is 10.8 Å². The number of hydrogen-bond donors (Lipinski definition) is 1. The average Bonchev–Trinajstić information content (AvgIpc) is 3.02. The lowest BCUT2D eigenvalue weighted by molar-refractivity contribution is -0.140. The number of rotatable bonds is 13. The Hall–Kier alpha value is -4.21. The molecule has 0 spiro atoms. The molecule has 0 fully saturated rings. The van der Waals surface area contributed by atoms with Crippen molar-refractivity contribution < 1.29 is 22.4 Å². The molecule has 0 unspecified atom stereocenters. The third kappa shape index (κ3) is 8.71. The van der Waals surface area contributed by atoms with E-state index in [0.29, 0.717) is 11.4 Å². The van der Waals surface area contributed by atoms with Crippen molar-refractivity contribution in [3.63, 3.8) is 0 Å². The second-order valence-electron chi connectivity index (χ2n) is 10.9. The van der Waals surface area contributed by atoms with Gasteiger partial charge in [-0.25, -0.2) is 12.8 Å². The molecule has 10 heteroatoms. The van der Waals surface area contributed by atoms with Crippen LogP contribution >= 0.6 is 11.6 Å². The van der Waals surface area contributed by atoms with Crippen molar-refractivity contribution in [1.29, 1.82) is 0 Å². The van der Waals surface area contributed by atoms with Gasteiger partial charge < -0.3 is 10.2 Å². The molecule has 1 N–H and O–H groups in total. The monoisotopic (exact) mass is 649 g/mol. The predicted octanol–water partition coefficient (Wildman–Crippen LogP) is 6.54. The van der Waals surface area contributed by atoms with E-state index in [1.54, 1.807) is 36.4 Å². The number of amides is 2. The molecule has 0 saturated heterocycles. The van der Waals surface area contributed by atoms with Crippen LogP contribution in [0.2, 0.25) is 5.02 Å². The number of sulfonamides is 1. The summed E-state index contributed by atoms with van der Waals surface area (Å²) in [6.07, 6.45) is 0.795. The first-order valence-corrected chi connectivity index (χ1v) is 16.5. The van der Waals surface area contributed by atoms with Crippen molar-refractivity contribution in [3.8, 4) is 0 Å². The second-order valence-corrected chi connectivity index (χ2v) is 13.2. The SMILES string of the molecule is CC[C@@H](C)NC(=O)[C@@H](Cc1ccccc1)N(Cc1ccccc1F)C(=O)CN(c1cccc(C)c1)S(=O)(=O)c1ccc(Cl)cc1. The zero-order valence-electron chi connectivity index (χ0n) is 25.5. The maximum Gasteiger partial charge on any atom is 0.264 e. The van der Waals surface area contributed by atoms with Crippen molar-refractivity contribution in [2.24, 2.45) is 0 Å². The van der Waals surface area contributed by atoms with E-state index in [-0.39, 0.29) is 35.2 Å². The highest BCUT2D eigenvalue weighted by Gasteiger charge is 2.35. The minimum absolute atomic E-state index is 0.0581. The van der Waals surface area contributed by atoms with E-state index in [2.05, 4.69) is 5.32 Å². The molecule has 4 aromatic carbocycles. The van der Waals surface area contributed by atoms with Crippen LogP contribution in [0.4, 0.5) is 10.1 Å². The van der Waals surface area contributed by atoms with Crippen LogP contribution in [0.5, 0.6) is 0 Å². The van der Waals surface area contributed by atoms with Gasteiger partial charge in [0.05, 0.1) is 10.6 Å². The van der Waals surface area contributed by atoms with Gasteiger partial charge in [-0.3, -0.25) is 13.9 Å². The number of halogens is 2. The molecular formula is C35H37ClFN3O4S. The van der Waals surface area contributed by atoms with Crippen molar-refractivity contribution in [3.05, 3.63) is 131 Å². The average molecular weight is 650 g/mol. The molecule has 2 atom stereocenters. The van der Waals surface area contributed by atoms with Crippen LogP contribution < -0.4 is 9.62 Å². The van der Waals surface area contributed by atoms with E-state index < -0.39 is 40.2 Å². The highest BCUT2D eigenvalue weighted by Crippen LogP contribution is 2.27. The van der Waals surface area contributed by atoms with Gasteiger partial charge in [-0.1, -0.05) is 79.2 Å². The van der Waals surface area contributed by atoms with Crippen molar-refractivity contribution >= 4 is 39.1 Å². The minimum Gasteiger partial charge on any atom is -0.352 e. The van der Waals surface area contributed by atoms with E-state index in [0.717, 1.165) is 15.4 Å². The fourth-order valence-corrected chi connectivity index (χ4v) is 6.38. The fraction of sp³-hybridized carbons (Fsp3) is 0.257. The predicted molar refractivity (Wildman–Crippen MR) is 176 cm³/mol. The van der Waals surface area contributed by atoms with E-state index in [1.165, 1.54) is 35.2 Å². The third-order valence-electron chi connectivity index (χ3n) is 7.54. The van der Waals surface area contributed by atoms with Crippen molar-refractivity contribution in [1.82, 2.24) is 10.2 Å². The summed E-state index contributed by atoms with van der Waals surface area (Å²) in [5, 5.41) is 3.33. The zero-order valence-corrected chi connectivity index (χ0v) is 27.1. The van der Waals surface area contributed by atoms with Crippen LogP contribution in [0.3, 0.4) is 0 Å². The van der Waals surface area contributed by atoms with Gasteiger partial charge in [0.2, 0.25) is 11.8 Å². The fourth-order valence-electron chi connectivity index (χ4n) is 4.85. The van der Waals surface area contributed by atoms with E-state index >= 15 is 4.39 Å². The summed E-state index contributed by atoms with van der Waals surface area (Å²) in [7, 11) is -4.27.